The second-order valence-electron chi connectivity index (χ2n) is 15.3. The molecule has 2 N–H and O–H groups in total. The molecule has 0 aliphatic heterocycles. The summed E-state index contributed by atoms with van der Waals surface area (Å²) in [6.07, 6.45) is 0. The van der Waals surface area contributed by atoms with E-state index in [0.717, 1.165) is 43.4 Å². The van der Waals surface area contributed by atoms with Gasteiger partial charge in [0.1, 0.15) is 46.3 Å². The molecule has 358 valence electrons. The normalized spacial score (nSPS) is 10.5. The second-order valence-corrected chi connectivity index (χ2v) is 17.7. The van der Waals surface area contributed by atoms with E-state index in [1.807, 2.05) is 66.7 Å². The Morgan fingerprint density at radius 2 is 0.829 bits per heavy atom. The van der Waals surface area contributed by atoms with Crippen molar-refractivity contribution >= 4 is 87.8 Å². The van der Waals surface area contributed by atoms with Crippen LogP contribution in [0, 0.1) is 30.2 Å². The van der Waals surface area contributed by atoms with Gasteiger partial charge in [-0.3, -0.25) is 0 Å². The summed E-state index contributed by atoms with van der Waals surface area (Å²) in [6.45, 7) is 2.10. The van der Waals surface area contributed by atoms with Crippen LogP contribution in [0.2, 0.25) is 10.0 Å². The lowest BCUT2D eigenvalue weighted by Crippen LogP contribution is -2.32. The molecule has 1 atom stereocenters. The molecule has 0 saturated heterocycles. The number of halogens is 7. The van der Waals surface area contributed by atoms with E-state index in [1.54, 1.807) is 63.8 Å². The minimum Gasteiger partial charge on any atom is -0.496 e. The Morgan fingerprint density at radius 1 is 0.443 bits per heavy atom. The molecule has 6 nitrogen and oxygen atoms in total. The van der Waals surface area contributed by atoms with Crippen molar-refractivity contribution in [1.29, 1.82) is 0 Å². The first-order chi connectivity index (χ1) is 33.6. The zero-order valence-electron chi connectivity index (χ0n) is 38.3. The van der Waals surface area contributed by atoms with Crippen molar-refractivity contribution in [3.05, 3.63) is 201 Å². The van der Waals surface area contributed by atoms with Gasteiger partial charge >= 0.3 is 7.12 Å². The first-order valence-electron chi connectivity index (χ1n) is 21.2. The molecule has 0 aliphatic carbocycles. The monoisotopic (exact) mass is 1070 g/mol. The van der Waals surface area contributed by atoms with Crippen LogP contribution in [0.25, 0.3) is 54.9 Å². The molecule has 15 heteroatoms. The summed E-state index contributed by atoms with van der Waals surface area (Å²) in [7, 11) is 7.18. The number of aryl methyl sites for hydroxylation is 1. The molecule has 0 aromatic heterocycles. The zero-order chi connectivity index (χ0) is 50.6. The van der Waals surface area contributed by atoms with E-state index in [1.165, 1.54) is 48.3 Å². The van der Waals surface area contributed by atoms with Crippen LogP contribution in [0.1, 0.15) is 5.56 Å². The molecule has 0 bridgehead atoms. The van der Waals surface area contributed by atoms with Crippen LogP contribution in [0.5, 0.6) is 23.0 Å². The van der Waals surface area contributed by atoms with Gasteiger partial charge < -0.3 is 29.0 Å². The van der Waals surface area contributed by atoms with Gasteiger partial charge in [-0.2, -0.15) is 0 Å². The van der Waals surface area contributed by atoms with Crippen LogP contribution in [0.15, 0.2) is 162 Å². The summed E-state index contributed by atoms with van der Waals surface area (Å²) in [5.74, 6) is 0.644. The highest BCUT2D eigenvalue weighted by molar-refractivity contribution is 9.10. The lowest BCUT2D eigenvalue weighted by atomic mass is 9.80. The van der Waals surface area contributed by atoms with Crippen molar-refractivity contribution in [2.45, 2.75) is 6.92 Å². The number of hydrogen-bond donors (Lipinski definition) is 2. The first kappa shape index (κ1) is 53.3. The third-order valence-electron chi connectivity index (χ3n) is 10.9. The third kappa shape index (κ3) is 13.0. The van der Waals surface area contributed by atoms with Gasteiger partial charge in [0, 0.05) is 48.9 Å². The third-order valence-corrected chi connectivity index (χ3v) is 12.6. The Kier molecular flexibility index (Phi) is 18.7. The van der Waals surface area contributed by atoms with Crippen molar-refractivity contribution in [3.63, 3.8) is 0 Å². The van der Waals surface area contributed by atoms with Crippen molar-refractivity contribution in [3.8, 4) is 56.4 Å². The van der Waals surface area contributed by atoms with Gasteiger partial charge in [0.15, 0.2) is 0 Å². The van der Waals surface area contributed by atoms with E-state index in [4.69, 9.17) is 52.2 Å². The van der Waals surface area contributed by atoms with Crippen LogP contribution < -0.4 is 29.7 Å². The number of fused-ring (bicyclic) bond motifs is 2. The Labute approximate surface area is 424 Å². The van der Waals surface area contributed by atoms with Gasteiger partial charge in [0.05, 0.1) is 32.9 Å². The molecule has 9 aromatic rings. The van der Waals surface area contributed by atoms with Gasteiger partial charge in [0.25, 0.3) is 0 Å². The molecule has 0 saturated carbocycles. The predicted octanol–water partition coefficient (Wildman–Crippen LogP) is 14.2. The molecule has 9 rings (SSSR count). The Hall–Kier alpha value is -6.11. The lowest BCUT2D eigenvalue weighted by Gasteiger charge is -2.15. The van der Waals surface area contributed by atoms with Crippen molar-refractivity contribution in [1.82, 2.24) is 0 Å². The number of ether oxygens (including phenoxy) is 4. The summed E-state index contributed by atoms with van der Waals surface area (Å²) in [5, 5.41) is 22.5. The van der Waals surface area contributed by atoms with E-state index >= 15 is 0 Å². The molecule has 70 heavy (non-hydrogen) atoms. The van der Waals surface area contributed by atoms with Crippen LogP contribution in [0.3, 0.4) is 0 Å². The molecule has 0 amide bonds. The van der Waals surface area contributed by atoms with Gasteiger partial charge in [-0.15, -0.1) is 9.24 Å². The Balaban J connectivity index is 0.000000171. The lowest BCUT2D eigenvalue weighted by molar-refractivity contribution is 0.412. The highest BCUT2D eigenvalue weighted by Crippen LogP contribution is 2.42. The quantitative estimate of drug-likeness (QED) is 0.0897. The summed E-state index contributed by atoms with van der Waals surface area (Å²) in [6, 6.07) is 44.6. The number of methoxy groups -OCH3 is 4. The van der Waals surface area contributed by atoms with Crippen molar-refractivity contribution in [2.24, 2.45) is 0 Å². The molecule has 0 aliphatic rings. The van der Waals surface area contributed by atoms with E-state index in [9.17, 15) is 17.6 Å². The van der Waals surface area contributed by atoms with Crippen molar-refractivity contribution < 1.29 is 46.6 Å². The van der Waals surface area contributed by atoms with Crippen LogP contribution in [-0.4, -0.2) is 45.6 Å². The van der Waals surface area contributed by atoms with Crippen LogP contribution in [-0.2, 0) is 0 Å². The average molecular weight is 1070 g/mol. The van der Waals surface area contributed by atoms with Crippen LogP contribution in [0.4, 0.5) is 17.6 Å². The maximum Gasteiger partial charge on any atom is 0.491 e. The molecule has 9 aromatic carbocycles. The number of rotatable bonds is 8. The maximum absolute atomic E-state index is 14.6. The molecular formula is C55H45BBrCl2F4O6P. The van der Waals surface area contributed by atoms with E-state index in [2.05, 4.69) is 44.2 Å². The summed E-state index contributed by atoms with van der Waals surface area (Å²) >= 11 is 14.8. The predicted molar refractivity (Wildman–Crippen MR) is 285 cm³/mol. The maximum atomic E-state index is 14.6. The first-order valence-corrected chi connectivity index (χ1v) is 23.3. The van der Waals surface area contributed by atoms with Gasteiger partial charge in [-0.1, -0.05) is 89.9 Å². The second kappa shape index (κ2) is 24.6. The molecule has 0 radical (unpaired) electrons. The van der Waals surface area contributed by atoms with Crippen molar-refractivity contribution in [2.75, 3.05) is 28.4 Å². The minimum absolute atomic E-state index is 0.172. The SMILES string of the molecule is COc1cc2cc(OC)c(-c3ccc(Cl)cc3F)cc2cc1-c1ccccc1F.COc1cc2cc(OC)c(-c3ccccc3F)cc2cc1Br.Cc1ccccc1P.OB(O)c1ccc(Cl)cc1F. The van der Waals surface area contributed by atoms with E-state index < -0.39 is 18.8 Å². The van der Waals surface area contributed by atoms with Gasteiger partial charge in [-0.25, -0.2) is 17.6 Å². The fraction of sp³-hybridized carbons (Fsp3) is 0.0909. The van der Waals surface area contributed by atoms with Crippen LogP contribution >= 0.6 is 48.4 Å². The Morgan fingerprint density at radius 3 is 1.23 bits per heavy atom. The molecular weight excluding hydrogens is 1030 g/mol. The molecule has 0 heterocycles. The standard InChI is InChI=1S/C24H17ClF2O2.C18H14BrFO2.C7H9P.C6H5BClFO2/c1-28-23-11-15-12-24(29-2)20(18-8-7-16(25)13-22(18)27)10-14(15)9-19(23)17-5-3-4-6-21(17)26;1-21-17-9-12-10-18(22-2)15(19)8-11(12)7-14(17)13-5-3-4-6-16(13)20;1-6-4-2-3-5-7(6)8;8-4-1-2-5(7(10)11)6(9)3-4/h3-13H,1-2H3;3-10H,1-2H3;2-5H,8H2,1H3;1-3,10-11H. The molecule has 1 unspecified atom stereocenters. The smallest absolute Gasteiger partial charge is 0.491 e. The largest absolute Gasteiger partial charge is 0.496 e. The topological polar surface area (TPSA) is 77.4 Å². The summed E-state index contributed by atoms with van der Waals surface area (Å²) in [5.41, 5.74) is 4.41. The fourth-order valence-electron chi connectivity index (χ4n) is 7.25. The Bertz CT molecular complexity index is 3270. The number of hydrogen-bond acceptors (Lipinski definition) is 6. The van der Waals surface area contributed by atoms with E-state index in [-0.39, 0.29) is 22.1 Å². The van der Waals surface area contributed by atoms with Gasteiger partial charge in [-0.05, 0) is 146 Å². The average Bonchev–Trinajstić information content (AvgIpc) is 3.34. The fourth-order valence-corrected chi connectivity index (χ4v) is 8.30. The highest BCUT2D eigenvalue weighted by atomic mass is 79.9. The summed E-state index contributed by atoms with van der Waals surface area (Å²) < 4.78 is 78.4. The number of benzene rings is 9. The minimum atomic E-state index is -1.78. The highest BCUT2D eigenvalue weighted by Gasteiger charge is 2.18. The summed E-state index contributed by atoms with van der Waals surface area (Å²) in [4.78, 5) is 0. The molecule has 0 fully saturated rings. The van der Waals surface area contributed by atoms with E-state index in [0.29, 0.717) is 50.1 Å². The van der Waals surface area contributed by atoms with Gasteiger partial charge in [0.2, 0.25) is 0 Å². The molecule has 0 spiro atoms. The zero-order valence-corrected chi connectivity index (χ0v) is 42.6.